The lowest BCUT2D eigenvalue weighted by atomic mass is 10.0. The van der Waals surface area contributed by atoms with Gasteiger partial charge in [-0.2, -0.15) is 4.99 Å². The Morgan fingerprint density at radius 1 is 1.70 bits per heavy atom. The zero-order chi connectivity index (χ0) is 7.78. The third kappa shape index (κ3) is 0.889. The van der Waals surface area contributed by atoms with Crippen LogP contribution in [0.2, 0.25) is 0 Å². The van der Waals surface area contributed by atoms with Gasteiger partial charge < -0.3 is 0 Å². The van der Waals surface area contributed by atoms with E-state index in [0.29, 0.717) is 11.8 Å². The van der Waals surface area contributed by atoms with Crippen molar-refractivity contribution in [2.45, 2.75) is 32.7 Å². The molecule has 0 aromatic rings. The molecule has 2 unspecified atom stereocenters. The summed E-state index contributed by atoms with van der Waals surface area (Å²) in [6, 6.07) is 0. The molecule has 2 heteroatoms. The summed E-state index contributed by atoms with van der Waals surface area (Å²) in [5, 5.41) is 0. The van der Waals surface area contributed by atoms with E-state index in [-0.39, 0.29) is 5.54 Å². The molecule has 2 nitrogen and oxygen atoms in total. The molecule has 56 valence electrons. The Bertz CT molecular complexity index is 182. The molecule has 1 saturated carbocycles. The van der Waals surface area contributed by atoms with Gasteiger partial charge in [0.05, 0.1) is 5.54 Å². The minimum Gasteiger partial charge on any atom is -0.211 e. The van der Waals surface area contributed by atoms with Crippen molar-refractivity contribution < 1.29 is 4.79 Å². The van der Waals surface area contributed by atoms with Crippen LogP contribution in [-0.4, -0.2) is 11.6 Å². The van der Waals surface area contributed by atoms with Crippen LogP contribution in [-0.2, 0) is 4.79 Å². The van der Waals surface area contributed by atoms with E-state index in [1.807, 2.05) is 0 Å². The van der Waals surface area contributed by atoms with Crippen molar-refractivity contribution in [3.05, 3.63) is 0 Å². The van der Waals surface area contributed by atoms with Crippen LogP contribution in [0.1, 0.15) is 27.2 Å². The Labute approximate surface area is 61.3 Å². The first-order valence-corrected chi connectivity index (χ1v) is 3.72. The predicted molar refractivity (Wildman–Crippen MR) is 39.5 cm³/mol. The molecule has 0 radical (unpaired) electrons. The van der Waals surface area contributed by atoms with Crippen LogP contribution in [0.15, 0.2) is 4.99 Å². The first kappa shape index (κ1) is 7.49. The van der Waals surface area contributed by atoms with E-state index in [1.165, 1.54) is 0 Å². The third-order valence-corrected chi connectivity index (χ3v) is 2.58. The smallest absolute Gasteiger partial charge is 0.211 e. The molecule has 0 bridgehead atoms. The topological polar surface area (TPSA) is 29.4 Å². The fourth-order valence-electron chi connectivity index (χ4n) is 1.61. The van der Waals surface area contributed by atoms with E-state index >= 15 is 0 Å². The Balaban J connectivity index is 2.72. The van der Waals surface area contributed by atoms with Crippen LogP contribution < -0.4 is 0 Å². The molecule has 1 rings (SSSR count). The minimum atomic E-state index is -0.0399. The van der Waals surface area contributed by atoms with E-state index in [1.54, 1.807) is 6.08 Å². The Morgan fingerprint density at radius 2 is 2.20 bits per heavy atom. The van der Waals surface area contributed by atoms with Crippen LogP contribution in [0, 0.1) is 11.8 Å². The summed E-state index contributed by atoms with van der Waals surface area (Å²) >= 11 is 0. The summed E-state index contributed by atoms with van der Waals surface area (Å²) in [6.07, 6.45) is 2.71. The number of rotatable bonds is 2. The number of isocyanates is 1. The van der Waals surface area contributed by atoms with Crippen molar-refractivity contribution in [1.82, 2.24) is 0 Å². The van der Waals surface area contributed by atoms with E-state index in [9.17, 15) is 4.79 Å². The maximum Gasteiger partial charge on any atom is 0.235 e. The largest absolute Gasteiger partial charge is 0.235 e. The van der Waals surface area contributed by atoms with Crippen molar-refractivity contribution in [2.24, 2.45) is 16.8 Å². The second-order valence-electron chi connectivity index (χ2n) is 3.45. The van der Waals surface area contributed by atoms with Gasteiger partial charge in [-0.25, -0.2) is 4.79 Å². The lowest BCUT2D eigenvalue weighted by Crippen LogP contribution is -2.16. The van der Waals surface area contributed by atoms with Gasteiger partial charge in [0.1, 0.15) is 0 Å². The van der Waals surface area contributed by atoms with Crippen molar-refractivity contribution >= 4 is 6.08 Å². The fourth-order valence-corrected chi connectivity index (χ4v) is 1.61. The number of hydrogen-bond acceptors (Lipinski definition) is 2. The van der Waals surface area contributed by atoms with Crippen LogP contribution in [0.3, 0.4) is 0 Å². The zero-order valence-corrected chi connectivity index (χ0v) is 6.72. The Kier molecular flexibility index (Phi) is 1.65. The lowest BCUT2D eigenvalue weighted by molar-refractivity contribution is 0.445. The van der Waals surface area contributed by atoms with E-state index in [2.05, 4.69) is 25.8 Å². The Hall–Kier alpha value is -0.620. The van der Waals surface area contributed by atoms with E-state index < -0.39 is 0 Å². The molecular formula is C8H13NO. The summed E-state index contributed by atoms with van der Waals surface area (Å²) < 4.78 is 0. The quantitative estimate of drug-likeness (QED) is 0.423. The molecule has 10 heavy (non-hydrogen) atoms. The molecule has 0 aliphatic heterocycles. The molecule has 1 fully saturated rings. The summed E-state index contributed by atoms with van der Waals surface area (Å²) in [6.45, 7) is 6.33. The predicted octanol–water partition coefficient (Wildman–Crippen LogP) is 1.76. The van der Waals surface area contributed by atoms with E-state index in [0.717, 1.165) is 6.42 Å². The van der Waals surface area contributed by atoms with Gasteiger partial charge in [0.15, 0.2) is 0 Å². The molecule has 0 spiro atoms. The fraction of sp³-hybridized carbons (Fsp3) is 0.875. The zero-order valence-electron chi connectivity index (χ0n) is 6.72. The molecule has 2 atom stereocenters. The Morgan fingerprint density at radius 3 is 2.30 bits per heavy atom. The van der Waals surface area contributed by atoms with Gasteiger partial charge in [-0.1, -0.05) is 20.8 Å². The maximum atomic E-state index is 10.0. The first-order valence-electron chi connectivity index (χ1n) is 3.72. The standard InChI is InChI=1S/C8H13NO/c1-6(2)8(9-5-10)4-7(8)3/h6-7H,4H2,1-3H3. The number of carbonyl (C=O) groups excluding carboxylic acids is 1. The summed E-state index contributed by atoms with van der Waals surface area (Å²) in [4.78, 5) is 13.9. The lowest BCUT2D eigenvalue weighted by Gasteiger charge is -2.12. The van der Waals surface area contributed by atoms with E-state index in [4.69, 9.17) is 0 Å². The molecular weight excluding hydrogens is 126 g/mol. The molecule has 0 amide bonds. The second-order valence-corrected chi connectivity index (χ2v) is 3.45. The van der Waals surface area contributed by atoms with Gasteiger partial charge in [-0.15, -0.1) is 0 Å². The summed E-state index contributed by atoms with van der Waals surface area (Å²) in [5.41, 5.74) is -0.0399. The summed E-state index contributed by atoms with van der Waals surface area (Å²) in [7, 11) is 0. The molecule has 0 aromatic heterocycles. The second kappa shape index (κ2) is 2.21. The highest BCUT2D eigenvalue weighted by atomic mass is 16.1. The van der Waals surface area contributed by atoms with Crippen molar-refractivity contribution in [3.8, 4) is 0 Å². The van der Waals surface area contributed by atoms with Gasteiger partial charge in [0, 0.05) is 0 Å². The highest BCUT2D eigenvalue weighted by Gasteiger charge is 2.53. The van der Waals surface area contributed by atoms with Gasteiger partial charge in [0.25, 0.3) is 0 Å². The van der Waals surface area contributed by atoms with Crippen LogP contribution >= 0.6 is 0 Å². The number of aliphatic imine (C=N–C) groups is 1. The SMILES string of the molecule is CC(C)C1(N=C=O)CC1C. The summed E-state index contributed by atoms with van der Waals surface area (Å²) in [5.74, 6) is 1.05. The molecule has 0 aromatic carbocycles. The average Bonchev–Trinajstić information content (AvgIpc) is 2.44. The van der Waals surface area contributed by atoms with Gasteiger partial charge in [0.2, 0.25) is 6.08 Å². The normalized spacial score (nSPS) is 37.4. The minimum absolute atomic E-state index is 0.0399. The molecule has 0 heterocycles. The van der Waals surface area contributed by atoms with Crippen molar-refractivity contribution in [1.29, 1.82) is 0 Å². The maximum absolute atomic E-state index is 10.0. The van der Waals surface area contributed by atoms with Crippen LogP contribution in [0.25, 0.3) is 0 Å². The van der Waals surface area contributed by atoms with Gasteiger partial charge >= 0.3 is 0 Å². The van der Waals surface area contributed by atoms with Crippen molar-refractivity contribution in [2.75, 3.05) is 0 Å². The highest BCUT2D eigenvalue weighted by molar-refractivity contribution is 5.37. The number of nitrogens with zero attached hydrogens (tertiary/aromatic N) is 1. The highest BCUT2D eigenvalue weighted by Crippen LogP contribution is 2.51. The third-order valence-electron chi connectivity index (χ3n) is 2.58. The van der Waals surface area contributed by atoms with Crippen LogP contribution in [0.5, 0.6) is 0 Å². The molecule has 0 saturated heterocycles. The molecule has 1 aliphatic carbocycles. The number of hydrogen-bond donors (Lipinski definition) is 0. The monoisotopic (exact) mass is 139 g/mol. The molecule has 1 aliphatic rings. The first-order chi connectivity index (χ1) is 4.63. The van der Waals surface area contributed by atoms with Crippen molar-refractivity contribution in [3.63, 3.8) is 0 Å². The van der Waals surface area contributed by atoms with Gasteiger partial charge in [-0.3, -0.25) is 0 Å². The van der Waals surface area contributed by atoms with Gasteiger partial charge in [-0.05, 0) is 18.3 Å². The molecule has 0 N–H and O–H groups in total. The average molecular weight is 139 g/mol. The van der Waals surface area contributed by atoms with Crippen LogP contribution in [0.4, 0.5) is 0 Å².